The van der Waals surface area contributed by atoms with Crippen LogP contribution in [0.15, 0.2) is 58.3 Å². The van der Waals surface area contributed by atoms with Gasteiger partial charge in [-0.05, 0) is 185 Å². The number of piperidine rings is 1. The number of nitrogens with zero attached hydrogens (tertiary/aromatic N) is 2. The molecule has 1 aromatic rings. The fourth-order valence-electron chi connectivity index (χ4n) is 15.7. The lowest BCUT2D eigenvalue weighted by molar-refractivity contribution is -0.221. The molecule has 1 saturated heterocycles. The number of likely N-dealkylation sites (tertiary alicyclic amines) is 1. The number of hydrogen-bond acceptors (Lipinski definition) is 5. The number of fused-ring (bicyclic) bond motifs is 7. The lowest BCUT2D eigenvalue weighted by Crippen LogP contribution is -2.68. The molecule has 5 fully saturated rings. The highest BCUT2D eigenvalue weighted by Crippen LogP contribution is 2.76. The number of rotatable bonds is 11. The van der Waals surface area contributed by atoms with Crippen LogP contribution in [0.5, 0.6) is 5.88 Å². The molecule has 7 aliphatic rings. The monoisotopic (exact) mass is 843 g/mol. The number of halogens is 1. The van der Waals surface area contributed by atoms with Crippen LogP contribution in [0.1, 0.15) is 144 Å². The van der Waals surface area contributed by atoms with Gasteiger partial charge < -0.3 is 20.1 Å². The Kier molecular flexibility index (Phi) is 11.4. The fourth-order valence-corrected chi connectivity index (χ4v) is 16.0. The molecule has 0 bridgehead atoms. The van der Waals surface area contributed by atoms with Crippen molar-refractivity contribution in [3.63, 3.8) is 0 Å². The number of carboxylic acid groups (broad SMARTS) is 1. The molecule has 6 aliphatic carbocycles. The van der Waals surface area contributed by atoms with E-state index in [9.17, 15) is 9.90 Å². The minimum atomic E-state index is -0.799. The molecule has 314 valence electrons. The van der Waals surface area contributed by atoms with Gasteiger partial charge in [0, 0.05) is 35.4 Å². The molecule has 57 heavy (non-hydrogen) atoms. The third-order valence-electron chi connectivity index (χ3n) is 18.9. The molecule has 2 N–H and O–H groups in total. The van der Waals surface area contributed by atoms with Gasteiger partial charge in [-0.25, -0.2) is 4.98 Å². The van der Waals surface area contributed by atoms with Crippen molar-refractivity contribution in [1.29, 1.82) is 0 Å². The molecule has 1 aliphatic heterocycles. The van der Waals surface area contributed by atoms with Gasteiger partial charge in [-0.15, -0.1) is 0 Å². The van der Waals surface area contributed by atoms with E-state index in [0.717, 1.165) is 29.8 Å². The number of aromatic nitrogens is 1. The van der Waals surface area contributed by atoms with Gasteiger partial charge in [0.1, 0.15) is 0 Å². The minimum absolute atomic E-state index is 0.0487. The molecular formula is C50H74BrN3O3. The van der Waals surface area contributed by atoms with Crippen LogP contribution in [0, 0.1) is 56.7 Å². The van der Waals surface area contributed by atoms with Crippen molar-refractivity contribution in [2.24, 2.45) is 56.7 Å². The van der Waals surface area contributed by atoms with Crippen LogP contribution in [0.25, 0.3) is 0 Å². The minimum Gasteiger partial charge on any atom is -0.481 e. The second-order valence-electron chi connectivity index (χ2n) is 21.6. The van der Waals surface area contributed by atoms with Crippen LogP contribution in [0.4, 0.5) is 0 Å². The fraction of sp³-hybridized carbons (Fsp3) is 0.760. The Balaban J connectivity index is 1.000. The Hall–Kier alpha value is -1.96. The van der Waals surface area contributed by atoms with Crippen molar-refractivity contribution in [2.75, 3.05) is 32.8 Å². The first-order valence-electron chi connectivity index (χ1n) is 23.1. The summed E-state index contributed by atoms with van der Waals surface area (Å²) < 4.78 is 6.84. The Morgan fingerprint density at radius 1 is 0.965 bits per heavy atom. The highest BCUT2D eigenvalue weighted by molar-refractivity contribution is 9.10. The maximum absolute atomic E-state index is 12.8. The van der Waals surface area contributed by atoms with Crippen LogP contribution >= 0.6 is 15.9 Å². The van der Waals surface area contributed by atoms with E-state index in [0.29, 0.717) is 66.3 Å². The molecule has 7 heteroatoms. The number of ether oxygens (including phenoxy) is 1. The molecule has 0 spiro atoms. The van der Waals surface area contributed by atoms with Crippen LogP contribution in [-0.2, 0) is 4.79 Å². The second kappa shape index (κ2) is 15.5. The molecule has 8 rings (SSSR count). The number of aliphatic carboxylic acids is 1. The third-order valence-corrected chi connectivity index (χ3v) is 19.4. The summed E-state index contributed by atoms with van der Waals surface area (Å²) in [5, 5.41) is 14.9. The Bertz CT molecular complexity index is 1770. The van der Waals surface area contributed by atoms with Gasteiger partial charge in [0.2, 0.25) is 5.88 Å². The van der Waals surface area contributed by atoms with Gasteiger partial charge in [0.05, 0.1) is 12.0 Å². The zero-order valence-electron chi connectivity index (χ0n) is 36.4. The van der Waals surface area contributed by atoms with Crippen LogP contribution in [0.2, 0.25) is 0 Å². The van der Waals surface area contributed by atoms with Crippen LogP contribution in [0.3, 0.4) is 0 Å². The van der Waals surface area contributed by atoms with Crippen molar-refractivity contribution in [1.82, 2.24) is 15.2 Å². The van der Waals surface area contributed by atoms with Crippen molar-refractivity contribution in [3.8, 4) is 5.88 Å². The Labute approximate surface area is 353 Å². The smallest absolute Gasteiger partial charge is 0.310 e. The van der Waals surface area contributed by atoms with Gasteiger partial charge >= 0.3 is 5.97 Å². The van der Waals surface area contributed by atoms with Gasteiger partial charge in [0.15, 0.2) is 0 Å². The van der Waals surface area contributed by atoms with Gasteiger partial charge in [-0.1, -0.05) is 81.3 Å². The van der Waals surface area contributed by atoms with Gasteiger partial charge in [-0.2, -0.15) is 0 Å². The largest absolute Gasteiger partial charge is 0.481 e. The molecule has 10 atom stereocenters. The number of pyridine rings is 1. The highest BCUT2D eigenvalue weighted by atomic mass is 79.9. The molecule has 0 amide bonds. The average Bonchev–Trinajstić information content (AvgIpc) is 3.56. The van der Waals surface area contributed by atoms with E-state index in [-0.39, 0.29) is 16.4 Å². The summed E-state index contributed by atoms with van der Waals surface area (Å²) in [6.45, 7) is 25.6. The topological polar surface area (TPSA) is 74.7 Å². The summed E-state index contributed by atoms with van der Waals surface area (Å²) in [6, 6.07) is 3.70. The SMILES string of the molecule is C=C(C)[C@@H]1CC[C@]2(NCCN3CCCCC3)CC[C@]3(C)[C@H](CC[C@@H]4[C@@]5(C)CC=C(C6=CCC(CCOc7cc(Br)ccn7)(C(=O)O)CC6)C(C)(C)[C@@H]5CC[C@]43C)[C@@H]12. The van der Waals surface area contributed by atoms with Crippen molar-refractivity contribution in [2.45, 2.75) is 150 Å². The van der Waals surface area contributed by atoms with Gasteiger partial charge in [-0.3, -0.25) is 4.79 Å². The normalized spacial score (nSPS) is 41.4. The summed E-state index contributed by atoms with van der Waals surface area (Å²) in [4.78, 5) is 19.8. The summed E-state index contributed by atoms with van der Waals surface area (Å²) in [5.41, 5.74) is 4.79. The van der Waals surface area contributed by atoms with E-state index in [1.807, 2.05) is 12.1 Å². The predicted molar refractivity (Wildman–Crippen MR) is 235 cm³/mol. The molecular weight excluding hydrogens is 770 g/mol. The number of carboxylic acids is 1. The predicted octanol–water partition coefficient (Wildman–Crippen LogP) is 11.8. The van der Waals surface area contributed by atoms with Crippen LogP contribution < -0.4 is 10.1 Å². The lowest BCUT2D eigenvalue weighted by Gasteiger charge is -2.72. The molecule has 0 radical (unpaired) electrons. The maximum Gasteiger partial charge on any atom is 0.310 e. The number of carbonyl (C=O) groups is 1. The number of hydrogen-bond donors (Lipinski definition) is 2. The van der Waals surface area contributed by atoms with E-state index in [1.165, 1.54) is 107 Å². The Morgan fingerprint density at radius 3 is 2.46 bits per heavy atom. The first kappa shape index (κ1) is 41.8. The second-order valence-corrected chi connectivity index (χ2v) is 22.6. The van der Waals surface area contributed by atoms with E-state index in [4.69, 9.17) is 4.74 Å². The van der Waals surface area contributed by atoms with Gasteiger partial charge in [0.25, 0.3) is 0 Å². The number of nitrogens with one attached hydrogen (secondary N) is 1. The van der Waals surface area contributed by atoms with E-state index in [2.05, 4.69) is 91.4 Å². The summed E-state index contributed by atoms with van der Waals surface area (Å²) in [7, 11) is 0. The van der Waals surface area contributed by atoms with Crippen LogP contribution in [-0.4, -0.2) is 59.3 Å². The molecule has 1 aromatic heterocycles. The quantitative estimate of drug-likeness (QED) is 0.216. The third kappa shape index (κ3) is 6.96. The number of allylic oxidation sites excluding steroid dienone is 5. The van der Waals surface area contributed by atoms with E-state index >= 15 is 0 Å². The summed E-state index contributed by atoms with van der Waals surface area (Å²) >= 11 is 3.48. The first-order valence-corrected chi connectivity index (χ1v) is 23.9. The summed E-state index contributed by atoms with van der Waals surface area (Å²) in [6.07, 6.45) is 25.1. The zero-order valence-corrected chi connectivity index (χ0v) is 38.0. The molecule has 2 heterocycles. The first-order chi connectivity index (χ1) is 27.1. The summed E-state index contributed by atoms with van der Waals surface area (Å²) in [5.74, 6) is 3.25. The molecule has 4 saturated carbocycles. The lowest BCUT2D eigenvalue weighted by atomic mass is 9.33. The van der Waals surface area contributed by atoms with Crippen molar-refractivity contribution >= 4 is 21.9 Å². The van der Waals surface area contributed by atoms with Crippen molar-refractivity contribution in [3.05, 3.63) is 58.3 Å². The average molecular weight is 845 g/mol. The van der Waals surface area contributed by atoms with E-state index < -0.39 is 11.4 Å². The maximum atomic E-state index is 12.8. The molecule has 1 unspecified atom stereocenters. The molecule has 6 nitrogen and oxygen atoms in total. The van der Waals surface area contributed by atoms with E-state index in [1.54, 1.807) is 6.20 Å². The van der Waals surface area contributed by atoms with Crippen molar-refractivity contribution < 1.29 is 14.6 Å². The molecule has 0 aromatic carbocycles. The highest BCUT2D eigenvalue weighted by Gasteiger charge is 2.70. The zero-order chi connectivity index (χ0) is 40.4. The standard InChI is InChI=1S/C50H74BrN3O3/c1-34(2)37-15-23-50(53-28-31-54-29-9-8-10-30-54)25-24-47(6)39(43(37)50)11-12-41-46(5)19-16-38(45(3,4)40(46)17-20-48(41,47)7)35-13-21-49(22-14-35,44(55)56)26-32-57-42-33-36(51)18-27-52-42/h13,16,18,27,33,37,39-41,43,53H,1,8-12,14-15,17,19-26,28-32H2,2-7H3,(H,55,56)/t37-,39+,40-,41+,43+,46-,47+,48+,49?,50-/m0/s1. The Morgan fingerprint density at radius 2 is 1.75 bits per heavy atom.